The zero-order chi connectivity index (χ0) is 10.4. The normalized spacial score (nSPS) is 13.1. The Labute approximate surface area is 86.2 Å². The number of rotatable bonds is 5. The number of nitrogens with one attached hydrogen (secondary N) is 1. The second-order valence-corrected chi connectivity index (χ2v) is 3.96. The maximum Gasteiger partial charge on any atom is 0.0705 e. The van der Waals surface area contributed by atoms with Crippen LogP contribution in [0.4, 0.5) is 0 Å². The summed E-state index contributed by atoms with van der Waals surface area (Å²) in [7, 11) is 0. The largest absolute Gasteiger partial charge is 0.301 e. The van der Waals surface area contributed by atoms with E-state index in [4.69, 9.17) is 4.84 Å². The van der Waals surface area contributed by atoms with Gasteiger partial charge in [-0.1, -0.05) is 44.2 Å². The standard InChI is InChI=1S/C12H19NO/c1-10(2)9-14-13-11(3)12-7-5-4-6-8-12/h4-8,10-11,13H,9H2,1-3H3. The SMILES string of the molecule is CC(C)CONC(C)c1ccccc1. The number of hydroxylamine groups is 1. The van der Waals surface area contributed by atoms with Gasteiger partial charge in [-0.05, 0) is 18.4 Å². The summed E-state index contributed by atoms with van der Waals surface area (Å²) in [5, 5.41) is 0. The molecule has 2 nitrogen and oxygen atoms in total. The highest BCUT2D eigenvalue weighted by Crippen LogP contribution is 2.10. The number of benzene rings is 1. The Morgan fingerprint density at radius 1 is 1.14 bits per heavy atom. The summed E-state index contributed by atoms with van der Waals surface area (Å²) in [6, 6.07) is 10.5. The molecule has 0 saturated carbocycles. The van der Waals surface area contributed by atoms with Gasteiger partial charge in [0.1, 0.15) is 0 Å². The lowest BCUT2D eigenvalue weighted by molar-refractivity contribution is 0.00409. The van der Waals surface area contributed by atoms with Crippen molar-refractivity contribution in [3.8, 4) is 0 Å². The zero-order valence-corrected chi connectivity index (χ0v) is 9.16. The molecule has 0 heterocycles. The first-order chi connectivity index (χ1) is 6.70. The van der Waals surface area contributed by atoms with Crippen LogP contribution in [0, 0.1) is 5.92 Å². The molecule has 1 atom stereocenters. The van der Waals surface area contributed by atoms with Gasteiger partial charge in [0.05, 0.1) is 12.6 Å². The lowest BCUT2D eigenvalue weighted by Gasteiger charge is -2.14. The van der Waals surface area contributed by atoms with Gasteiger partial charge in [0, 0.05) is 0 Å². The van der Waals surface area contributed by atoms with Crippen molar-refractivity contribution in [2.75, 3.05) is 6.61 Å². The van der Waals surface area contributed by atoms with E-state index in [0.717, 1.165) is 6.61 Å². The van der Waals surface area contributed by atoms with E-state index >= 15 is 0 Å². The van der Waals surface area contributed by atoms with E-state index in [1.54, 1.807) is 0 Å². The van der Waals surface area contributed by atoms with Crippen LogP contribution in [0.5, 0.6) is 0 Å². The Balaban J connectivity index is 2.32. The molecule has 0 aliphatic rings. The molecule has 1 rings (SSSR count). The molecule has 0 fully saturated rings. The highest BCUT2D eigenvalue weighted by Gasteiger charge is 2.03. The molecule has 0 radical (unpaired) electrons. The average molecular weight is 193 g/mol. The van der Waals surface area contributed by atoms with Gasteiger partial charge in [0.15, 0.2) is 0 Å². The fourth-order valence-corrected chi connectivity index (χ4v) is 1.15. The molecule has 14 heavy (non-hydrogen) atoms. The van der Waals surface area contributed by atoms with Gasteiger partial charge in [-0.15, -0.1) is 0 Å². The van der Waals surface area contributed by atoms with Crippen LogP contribution in [0.2, 0.25) is 0 Å². The Morgan fingerprint density at radius 3 is 2.36 bits per heavy atom. The smallest absolute Gasteiger partial charge is 0.0705 e. The van der Waals surface area contributed by atoms with Crippen molar-refractivity contribution in [2.24, 2.45) is 5.92 Å². The van der Waals surface area contributed by atoms with Crippen LogP contribution in [-0.2, 0) is 4.84 Å². The molecule has 2 heteroatoms. The van der Waals surface area contributed by atoms with E-state index in [1.165, 1.54) is 5.56 Å². The molecule has 0 aliphatic carbocycles. The van der Waals surface area contributed by atoms with Crippen molar-refractivity contribution >= 4 is 0 Å². The zero-order valence-electron chi connectivity index (χ0n) is 9.16. The van der Waals surface area contributed by atoms with Crippen molar-refractivity contribution < 1.29 is 4.84 Å². The Hall–Kier alpha value is -0.860. The second-order valence-electron chi connectivity index (χ2n) is 3.96. The lowest BCUT2D eigenvalue weighted by atomic mass is 10.1. The molecule has 1 N–H and O–H groups in total. The Kier molecular flexibility index (Phi) is 4.63. The summed E-state index contributed by atoms with van der Waals surface area (Å²) in [4.78, 5) is 5.36. The third kappa shape index (κ3) is 3.90. The third-order valence-corrected chi connectivity index (χ3v) is 1.98. The van der Waals surface area contributed by atoms with Crippen molar-refractivity contribution in [3.05, 3.63) is 35.9 Å². The molecule has 1 aromatic carbocycles. The molecule has 1 unspecified atom stereocenters. The minimum absolute atomic E-state index is 0.245. The molecule has 0 amide bonds. The van der Waals surface area contributed by atoms with Gasteiger partial charge in [-0.3, -0.25) is 0 Å². The van der Waals surface area contributed by atoms with Gasteiger partial charge < -0.3 is 4.84 Å². The summed E-state index contributed by atoms with van der Waals surface area (Å²) in [5.41, 5.74) is 4.28. The summed E-state index contributed by atoms with van der Waals surface area (Å²) in [5.74, 6) is 0.561. The quantitative estimate of drug-likeness (QED) is 0.726. The fourth-order valence-electron chi connectivity index (χ4n) is 1.15. The van der Waals surface area contributed by atoms with Crippen LogP contribution in [-0.4, -0.2) is 6.61 Å². The summed E-state index contributed by atoms with van der Waals surface area (Å²) in [6.45, 7) is 7.11. The van der Waals surface area contributed by atoms with Crippen molar-refractivity contribution in [1.82, 2.24) is 5.48 Å². The first-order valence-corrected chi connectivity index (χ1v) is 5.12. The average Bonchev–Trinajstić information content (AvgIpc) is 2.18. The Morgan fingerprint density at radius 2 is 1.79 bits per heavy atom. The van der Waals surface area contributed by atoms with Crippen molar-refractivity contribution in [3.63, 3.8) is 0 Å². The van der Waals surface area contributed by atoms with Gasteiger partial charge in [0.2, 0.25) is 0 Å². The van der Waals surface area contributed by atoms with Crippen LogP contribution in [0.3, 0.4) is 0 Å². The Bertz CT molecular complexity index is 246. The second kappa shape index (κ2) is 5.78. The molecule has 0 aromatic heterocycles. The van der Waals surface area contributed by atoms with E-state index in [1.807, 2.05) is 18.2 Å². The van der Waals surface area contributed by atoms with Gasteiger partial charge in [0.25, 0.3) is 0 Å². The van der Waals surface area contributed by atoms with E-state index in [0.29, 0.717) is 5.92 Å². The highest BCUT2D eigenvalue weighted by molar-refractivity contribution is 5.17. The van der Waals surface area contributed by atoms with E-state index in [9.17, 15) is 0 Å². The minimum Gasteiger partial charge on any atom is -0.301 e. The predicted octanol–water partition coefficient (Wildman–Crippen LogP) is 2.92. The molecule has 78 valence electrons. The molecule has 0 aliphatic heterocycles. The van der Waals surface area contributed by atoms with E-state index in [-0.39, 0.29) is 6.04 Å². The van der Waals surface area contributed by atoms with E-state index in [2.05, 4.69) is 38.4 Å². The van der Waals surface area contributed by atoms with Gasteiger partial charge >= 0.3 is 0 Å². The van der Waals surface area contributed by atoms with Crippen molar-refractivity contribution in [1.29, 1.82) is 0 Å². The predicted molar refractivity (Wildman–Crippen MR) is 58.8 cm³/mol. The number of hydrogen-bond donors (Lipinski definition) is 1. The number of hydrogen-bond acceptors (Lipinski definition) is 2. The molecule has 1 aromatic rings. The van der Waals surface area contributed by atoms with Crippen LogP contribution in [0.15, 0.2) is 30.3 Å². The summed E-state index contributed by atoms with van der Waals surface area (Å²) in [6.07, 6.45) is 0. The van der Waals surface area contributed by atoms with Crippen LogP contribution in [0.25, 0.3) is 0 Å². The van der Waals surface area contributed by atoms with Gasteiger partial charge in [-0.2, -0.15) is 5.48 Å². The topological polar surface area (TPSA) is 21.3 Å². The highest BCUT2D eigenvalue weighted by atomic mass is 16.6. The van der Waals surface area contributed by atoms with Crippen LogP contribution < -0.4 is 5.48 Å². The first kappa shape index (κ1) is 11.2. The fraction of sp³-hybridized carbons (Fsp3) is 0.500. The molecule has 0 bridgehead atoms. The monoisotopic (exact) mass is 193 g/mol. The first-order valence-electron chi connectivity index (χ1n) is 5.12. The summed E-state index contributed by atoms with van der Waals surface area (Å²) < 4.78 is 0. The maximum atomic E-state index is 5.36. The van der Waals surface area contributed by atoms with Gasteiger partial charge in [-0.25, -0.2) is 0 Å². The maximum absolute atomic E-state index is 5.36. The van der Waals surface area contributed by atoms with Crippen LogP contribution >= 0.6 is 0 Å². The van der Waals surface area contributed by atoms with Crippen LogP contribution in [0.1, 0.15) is 32.4 Å². The third-order valence-electron chi connectivity index (χ3n) is 1.98. The molecule has 0 spiro atoms. The molecular weight excluding hydrogens is 174 g/mol. The van der Waals surface area contributed by atoms with E-state index < -0.39 is 0 Å². The summed E-state index contributed by atoms with van der Waals surface area (Å²) >= 11 is 0. The van der Waals surface area contributed by atoms with Crippen molar-refractivity contribution in [2.45, 2.75) is 26.8 Å². The molecular formula is C12H19NO. The lowest BCUT2D eigenvalue weighted by Crippen LogP contribution is -2.21. The molecule has 0 saturated heterocycles. The minimum atomic E-state index is 0.245.